The summed E-state index contributed by atoms with van der Waals surface area (Å²) in [6.45, 7) is 1.74. The summed E-state index contributed by atoms with van der Waals surface area (Å²) in [6, 6.07) is 11.1. The number of carbonyl (C=O) groups is 1. The number of nitrogens with two attached hydrogens (primary N) is 1. The van der Waals surface area contributed by atoms with Crippen LogP contribution in [0.1, 0.15) is 21.6 Å². The summed E-state index contributed by atoms with van der Waals surface area (Å²) < 4.78 is 57.2. The number of benzene rings is 2. The van der Waals surface area contributed by atoms with Crippen LogP contribution in [0.25, 0.3) is 0 Å². The number of anilines is 2. The molecule has 3 rings (SSSR count). The lowest BCUT2D eigenvalue weighted by Gasteiger charge is -2.12. The minimum atomic E-state index is -4.66. The van der Waals surface area contributed by atoms with Crippen LogP contribution in [0.3, 0.4) is 0 Å². The predicted octanol–water partition coefficient (Wildman–Crippen LogP) is 5.17. The van der Waals surface area contributed by atoms with Crippen LogP contribution in [0.15, 0.2) is 54.6 Å². The monoisotopic (exact) mass is 405 g/mol. The van der Waals surface area contributed by atoms with E-state index in [0.29, 0.717) is 17.4 Å². The Kier molecular flexibility index (Phi) is 5.40. The summed E-state index contributed by atoms with van der Waals surface area (Å²) in [6.07, 6.45) is -4.66. The molecule has 29 heavy (non-hydrogen) atoms. The van der Waals surface area contributed by atoms with E-state index >= 15 is 0 Å². The maximum atomic E-state index is 14.0. The number of hydrogen-bond acceptors (Lipinski definition) is 4. The third-order valence-corrected chi connectivity index (χ3v) is 3.89. The molecule has 9 heteroatoms. The van der Waals surface area contributed by atoms with E-state index in [1.807, 2.05) is 0 Å². The van der Waals surface area contributed by atoms with Gasteiger partial charge < -0.3 is 15.8 Å². The van der Waals surface area contributed by atoms with E-state index in [1.165, 1.54) is 24.3 Å². The fourth-order valence-electron chi connectivity index (χ4n) is 2.49. The van der Waals surface area contributed by atoms with Gasteiger partial charge in [0.15, 0.2) is 11.6 Å². The topological polar surface area (TPSA) is 77.2 Å². The number of nitrogen functional groups attached to an aromatic ring is 1. The van der Waals surface area contributed by atoms with Gasteiger partial charge in [-0.25, -0.2) is 9.37 Å². The number of rotatable bonds is 4. The second-order valence-electron chi connectivity index (χ2n) is 6.11. The second-order valence-corrected chi connectivity index (χ2v) is 6.11. The van der Waals surface area contributed by atoms with Crippen LogP contribution in [0.2, 0.25) is 0 Å². The summed E-state index contributed by atoms with van der Waals surface area (Å²) >= 11 is 0. The third-order valence-electron chi connectivity index (χ3n) is 3.89. The van der Waals surface area contributed by atoms with Crippen molar-refractivity contribution in [3.05, 3.63) is 77.2 Å². The van der Waals surface area contributed by atoms with E-state index in [9.17, 15) is 22.4 Å². The van der Waals surface area contributed by atoms with Gasteiger partial charge >= 0.3 is 6.18 Å². The Bertz CT molecular complexity index is 1070. The number of halogens is 4. The fraction of sp³-hybridized carbons (Fsp3) is 0.100. The number of hydrogen-bond donors (Lipinski definition) is 2. The molecule has 0 unspecified atom stereocenters. The van der Waals surface area contributed by atoms with Crippen LogP contribution in [0, 0.1) is 12.7 Å². The highest BCUT2D eigenvalue weighted by atomic mass is 19.4. The Morgan fingerprint density at radius 3 is 2.52 bits per heavy atom. The molecule has 1 aromatic heterocycles. The van der Waals surface area contributed by atoms with Crippen molar-refractivity contribution < 1.29 is 27.1 Å². The number of ether oxygens (including phenoxy) is 1. The highest BCUT2D eigenvalue weighted by molar-refractivity contribution is 6.07. The molecule has 150 valence electrons. The minimum absolute atomic E-state index is 0.0710. The number of amides is 1. The van der Waals surface area contributed by atoms with Crippen molar-refractivity contribution >= 4 is 17.4 Å². The first kappa shape index (κ1) is 20.1. The first-order valence-electron chi connectivity index (χ1n) is 8.32. The van der Waals surface area contributed by atoms with Gasteiger partial charge in [-0.2, -0.15) is 13.2 Å². The molecule has 0 atom stereocenters. The van der Waals surface area contributed by atoms with Crippen LogP contribution < -0.4 is 15.8 Å². The van der Waals surface area contributed by atoms with Crippen molar-refractivity contribution in [2.45, 2.75) is 13.1 Å². The van der Waals surface area contributed by atoms with E-state index in [1.54, 1.807) is 19.1 Å². The highest BCUT2D eigenvalue weighted by Gasteiger charge is 2.31. The smallest absolute Gasteiger partial charge is 0.416 e. The molecule has 0 spiro atoms. The van der Waals surface area contributed by atoms with E-state index < -0.39 is 23.5 Å². The number of alkyl halides is 3. The molecular weight excluding hydrogens is 390 g/mol. The van der Waals surface area contributed by atoms with Crippen molar-refractivity contribution in [3.8, 4) is 11.5 Å². The molecule has 1 amide bonds. The Morgan fingerprint density at radius 1 is 1.10 bits per heavy atom. The van der Waals surface area contributed by atoms with Gasteiger partial charge in [0.25, 0.3) is 5.91 Å². The number of aromatic nitrogens is 1. The van der Waals surface area contributed by atoms with Crippen molar-refractivity contribution in [2.75, 3.05) is 11.1 Å². The van der Waals surface area contributed by atoms with Crippen molar-refractivity contribution in [2.24, 2.45) is 0 Å². The molecule has 1 heterocycles. The number of nitrogens with zero attached hydrogens (tertiary/aromatic N) is 1. The molecule has 0 aliphatic carbocycles. The molecule has 2 aromatic carbocycles. The highest BCUT2D eigenvalue weighted by Crippen LogP contribution is 2.33. The second kappa shape index (κ2) is 7.78. The van der Waals surface area contributed by atoms with E-state index in [4.69, 9.17) is 10.5 Å². The summed E-state index contributed by atoms with van der Waals surface area (Å²) in [5.41, 5.74) is 5.79. The van der Waals surface area contributed by atoms with Gasteiger partial charge in [-0.15, -0.1) is 0 Å². The molecular formula is C20H15F4N3O2. The van der Waals surface area contributed by atoms with Gasteiger partial charge in [0, 0.05) is 17.4 Å². The molecule has 3 N–H and O–H groups in total. The summed E-state index contributed by atoms with van der Waals surface area (Å²) in [7, 11) is 0. The molecule has 0 aliphatic heterocycles. The average Bonchev–Trinajstić information content (AvgIpc) is 2.62. The van der Waals surface area contributed by atoms with E-state index in [2.05, 4.69) is 10.3 Å². The van der Waals surface area contributed by atoms with Crippen LogP contribution >= 0.6 is 0 Å². The fourth-order valence-corrected chi connectivity index (χ4v) is 2.49. The largest absolute Gasteiger partial charge is 0.454 e. The number of nitrogens with one attached hydrogen (secondary N) is 1. The summed E-state index contributed by atoms with van der Waals surface area (Å²) in [5.74, 6) is -1.85. The Morgan fingerprint density at radius 2 is 1.86 bits per heavy atom. The quantitative estimate of drug-likeness (QED) is 0.587. The third kappa shape index (κ3) is 4.81. The first-order valence-corrected chi connectivity index (χ1v) is 8.32. The van der Waals surface area contributed by atoms with Gasteiger partial charge in [-0.1, -0.05) is 6.07 Å². The lowest BCUT2D eigenvalue weighted by molar-refractivity contribution is -0.137. The van der Waals surface area contributed by atoms with Crippen molar-refractivity contribution in [3.63, 3.8) is 0 Å². The molecule has 0 saturated carbocycles. The zero-order valence-corrected chi connectivity index (χ0v) is 15.0. The van der Waals surface area contributed by atoms with Gasteiger partial charge in [0.05, 0.1) is 11.1 Å². The lowest BCUT2D eigenvalue weighted by atomic mass is 10.2. The molecule has 3 aromatic rings. The number of aryl methyl sites for hydroxylation is 1. The maximum absolute atomic E-state index is 14.0. The molecule has 0 aliphatic rings. The summed E-state index contributed by atoms with van der Waals surface area (Å²) in [5, 5.41) is 2.61. The van der Waals surface area contributed by atoms with Gasteiger partial charge in [-0.05, 0) is 49.4 Å². The molecule has 0 radical (unpaired) electrons. The zero-order valence-electron chi connectivity index (χ0n) is 15.0. The van der Waals surface area contributed by atoms with Gasteiger partial charge in [-0.3, -0.25) is 4.79 Å². The van der Waals surface area contributed by atoms with Crippen molar-refractivity contribution in [1.29, 1.82) is 0 Å². The number of carbonyl (C=O) groups excluding carboxylic acids is 1. The minimum Gasteiger partial charge on any atom is -0.454 e. The molecule has 5 nitrogen and oxygen atoms in total. The maximum Gasteiger partial charge on any atom is 0.416 e. The first-order chi connectivity index (χ1) is 13.6. The van der Waals surface area contributed by atoms with Crippen LogP contribution in [-0.2, 0) is 6.18 Å². The Balaban J connectivity index is 1.77. The Labute approximate surface area is 163 Å². The SMILES string of the molecule is Cc1ccc(C(=O)Nc2cccc(Oc3ccc(C(F)(F)F)cc3F)c2)c(N)n1. The van der Waals surface area contributed by atoms with Gasteiger partial charge in [0.1, 0.15) is 11.6 Å². The summed E-state index contributed by atoms with van der Waals surface area (Å²) in [4.78, 5) is 16.4. The molecule has 0 bridgehead atoms. The van der Waals surface area contributed by atoms with Crippen LogP contribution in [-0.4, -0.2) is 10.9 Å². The zero-order chi connectivity index (χ0) is 21.2. The number of pyridine rings is 1. The predicted molar refractivity (Wildman–Crippen MR) is 99.3 cm³/mol. The average molecular weight is 405 g/mol. The van der Waals surface area contributed by atoms with Crippen molar-refractivity contribution in [1.82, 2.24) is 4.98 Å². The normalized spacial score (nSPS) is 11.2. The Hall–Kier alpha value is -3.62. The van der Waals surface area contributed by atoms with E-state index in [-0.39, 0.29) is 22.9 Å². The van der Waals surface area contributed by atoms with Gasteiger partial charge in [0.2, 0.25) is 0 Å². The standard InChI is InChI=1S/C20H15F4N3O2/c1-11-5-7-15(18(25)26-11)19(28)27-13-3-2-4-14(10-13)29-17-8-6-12(9-16(17)21)20(22,23)24/h2-10H,1H3,(H2,25,26)(H,27,28). The lowest BCUT2D eigenvalue weighted by Crippen LogP contribution is -2.15. The van der Waals surface area contributed by atoms with E-state index in [0.717, 1.165) is 12.1 Å². The van der Waals surface area contributed by atoms with Crippen LogP contribution in [0.4, 0.5) is 29.1 Å². The molecule has 0 fully saturated rings. The molecule has 0 saturated heterocycles. The van der Waals surface area contributed by atoms with Crippen LogP contribution in [0.5, 0.6) is 11.5 Å².